The molecule has 0 unspecified atom stereocenters. The van der Waals surface area contributed by atoms with Crippen molar-refractivity contribution in [3.8, 4) is 0 Å². The first-order valence-corrected chi connectivity index (χ1v) is 6.16. The summed E-state index contributed by atoms with van der Waals surface area (Å²) in [5.41, 5.74) is 1.28. The Morgan fingerprint density at radius 2 is 1.44 bits per heavy atom. The molecule has 1 heteroatoms. The largest absolute Gasteiger partial charge is 0.0898 e. The molecular formula is C15H14S. The summed E-state index contributed by atoms with van der Waals surface area (Å²) in [6.45, 7) is 2.08. The number of thioether (sulfide) groups is 1. The highest BCUT2D eigenvalue weighted by Crippen LogP contribution is 2.33. The van der Waals surface area contributed by atoms with Crippen LogP contribution in [0, 0.1) is 0 Å². The summed E-state index contributed by atoms with van der Waals surface area (Å²) >= 11 is 1.80. The maximum Gasteiger partial charge on any atom is 0.0152 e. The monoisotopic (exact) mass is 226 g/mol. The van der Waals surface area contributed by atoms with E-state index in [0.717, 1.165) is 0 Å². The third-order valence-electron chi connectivity index (χ3n) is 2.29. The third-order valence-corrected chi connectivity index (χ3v) is 3.49. The Kier molecular flexibility index (Phi) is 3.84. The molecule has 0 atom stereocenters. The molecule has 2 aromatic carbocycles. The molecule has 2 rings (SSSR count). The van der Waals surface area contributed by atoms with Gasteiger partial charge in [-0.3, -0.25) is 0 Å². The number of allylic oxidation sites excluding steroid dienone is 1. The molecule has 2 aromatic rings. The van der Waals surface area contributed by atoms with Gasteiger partial charge in [0.05, 0.1) is 0 Å². The van der Waals surface area contributed by atoms with E-state index in [-0.39, 0.29) is 0 Å². The highest BCUT2D eigenvalue weighted by Gasteiger charge is 2.01. The molecule has 0 N–H and O–H groups in total. The van der Waals surface area contributed by atoms with E-state index in [2.05, 4.69) is 61.5 Å². The molecule has 0 heterocycles. The molecule has 0 amide bonds. The van der Waals surface area contributed by atoms with Crippen LogP contribution >= 0.6 is 11.8 Å². The SMILES string of the molecule is C/C=C(\Sc1ccccc1)c1ccccc1. The number of benzene rings is 2. The summed E-state index contributed by atoms with van der Waals surface area (Å²) in [4.78, 5) is 2.58. The average molecular weight is 226 g/mol. The maximum atomic E-state index is 2.16. The number of hydrogen-bond acceptors (Lipinski definition) is 1. The van der Waals surface area contributed by atoms with Crippen molar-refractivity contribution in [1.29, 1.82) is 0 Å². The summed E-state index contributed by atoms with van der Waals surface area (Å²) in [6.07, 6.45) is 2.16. The first-order chi connectivity index (χ1) is 7.90. The molecule has 0 aliphatic rings. The minimum absolute atomic E-state index is 1.28. The highest BCUT2D eigenvalue weighted by atomic mass is 32.2. The Morgan fingerprint density at radius 1 is 0.875 bits per heavy atom. The van der Waals surface area contributed by atoms with Gasteiger partial charge >= 0.3 is 0 Å². The van der Waals surface area contributed by atoms with Gasteiger partial charge in [-0.2, -0.15) is 0 Å². The molecule has 0 nitrogen and oxygen atoms in total. The van der Waals surface area contributed by atoms with E-state index in [1.807, 2.05) is 12.1 Å². The number of rotatable bonds is 3. The molecular weight excluding hydrogens is 212 g/mol. The first kappa shape index (κ1) is 11.0. The van der Waals surface area contributed by atoms with Crippen molar-refractivity contribution in [2.45, 2.75) is 11.8 Å². The summed E-state index contributed by atoms with van der Waals surface area (Å²) in [5, 5.41) is 0. The van der Waals surface area contributed by atoms with Crippen molar-refractivity contribution in [2.75, 3.05) is 0 Å². The van der Waals surface area contributed by atoms with Gasteiger partial charge in [-0.05, 0) is 24.6 Å². The minimum Gasteiger partial charge on any atom is -0.0898 e. The van der Waals surface area contributed by atoms with Crippen molar-refractivity contribution in [2.24, 2.45) is 0 Å². The summed E-state index contributed by atoms with van der Waals surface area (Å²) < 4.78 is 0. The fourth-order valence-electron chi connectivity index (χ4n) is 1.50. The summed E-state index contributed by atoms with van der Waals surface area (Å²) in [6, 6.07) is 20.9. The van der Waals surface area contributed by atoms with Crippen LogP contribution < -0.4 is 0 Å². The van der Waals surface area contributed by atoms with Gasteiger partial charge in [0, 0.05) is 9.80 Å². The van der Waals surface area contributed by atoms with Gasteiger partial charge in [-0.1, -0.05) is 66.4 Å². The normalized spacial score (nSPS) is 11.4. The van der Waals surface area contributed by atoms with Crippen LogP contribution in [0.15, 0.2) is 71.6 Å². The average Bonchev–Trinajstić information content (AvgIpc) is 2.38. The van der Waals surface area contributed by atoms with Gasteiger partial charge in [0.15, 0.2) is 0 Å². The fourth-order valence-corrected chi connectivity index (χ4v) is 2.42. The predicted octanol–water partition coefficient (Wildman–Crippen LogP) is 4.84. The topological polar surface area (TPSA) is 0 Å². The van der Waals surface area contributed by atoms with Crippen LogP contribution in [0.3, 0.4) is 0 Å². The second-order valence-corrected chi connectivity index (χ2v) is 4.55. The molecule has 0 aromatic heterocycles. The van der Waals surface area contributed by atoms with Crippen molar-refractivity contribution in [3.05, 3.63) is 72.3 Å². The lowest BCUT2D eigenvalue weighted by molar-refractivity contribution is 1.47. The van der Waals surface area contributed by atoms with Gasteiger partial charge in [0.25, 0.3) is 0 Å². The zero-order valence-electron chi connectivity index (χ0n) is 9.26. The van der Waals surface area contributed by atoms with E-state index in [1.165, 1.54) is 15.4 Å². The van der Waals surface area contributed by atoms with E-state index in [9.17, 15) is 0 Å². The van der Waals surface area contributed by atoms with Crippen LogP contribution in [-0.4, -0.2) is 0 Å². The molecule has 16 heavy (non-hydrogen) atoms. The Balaban J connectivity index is 2.20. The highest BCUT2D eigenvalue weighted by molar-refractivity contribution is 8.08. The van der Waals surface area contributed by atoms with Crippen molar-refractivity contribution in [1.82, 2.24) is 0 Å². The smallest absolute Gasteiger partial charge is 0.0152 e. The molecule has 0 saturated carbocycles. The predicted molar refractivity (Wildman–Crippen MR) is 72.4 cm³/mol. The number of hydrogen-bond donors (Lipinski definition) is 0. The van der Waals surface area contributed by atoms with Gasteiger partial charge in [-0.25, -0.2) is 0 Å². The quantitative estimate of drug-likeness (QED) is 0.675. The van der Waals surface area contributed by atoms with E-state index < -0.39 is 0 Å². The molecule has 80 valence electrons. The molecule has 0 fully saturated rings. The Hall–Kier alpha value is -1.47. The Morgan fingerprint density at radius 3 is 2.00 bits per heavy atom. The van der Waals surface area contributed by atoms with Crippen molar-refractivity contribution < 1.29 is 0 Å². The van der Waals surface area contributed by atoms with Crippen LogP contribution in [0.1, 0.15) is 12.5 Å². The second kappa shape index (κ2) is 5.57. The van der Waals surface area contributed by atoms with Crippen molar-refractivity contribution in [3.63, 3.8) is 0 Å². The minimum atomic E-state index is 1.28. The van der Waals surface area contributed by atoms with Crippen LogP contribution in [0.4, 0.5) is 0 Å². The van der Waals surface area contributed by atoms with Crippen LogP contribution in [0.5, 0.6) is 0 Å². The zero-order chi connectivity index (χ0) is 11.2. The summed E-state index contributed by atoms with van der Waals surface area (Å²) in [7, 11) is 0. The second-order valence-electron chi connectivity index (χ2n) is 3.43. The van der Waals surface area contributed by atoms with Gasteiger partial charge < -0.3 is 0 Å². The van der Waals surface area contributed by atoms with E-state index >= 15 is 0 Å². The molecule has 0 bridgehead atoms. The standard InChI is InChI=1S/C15H14S/c1-2-15(13-9-5-3-6-10-13)16-14-11-7-4-8-12-14/h2-12H,1H3/b15-2-. The summed E-state index contributed by atoms with van der Waals surface area (Å²) in [5.74, 6) is 0. The lowest BCUT2D eigenvalue weighted by Gasteiger charge is -2.06. The molecule has 0 aliphatic heterocycles. The Bertz CT molecular complexity index is 457. The molecule has 0 aliphatic carbocycles. The van der Waals surface area contributed by atoms with Crippen LogP contribution in [0.2, 0.25) is 0 Å². The molecule has 0 radical (unpaired) electrons. The zero-order valence-corrected chi connectivity index (χ0v) is 10.1. The van der Waals surface area contributed by atoms with Crippen LogP contribution in [0.25, 0.3) is 4.91 Å². The Labute approximate surface area is 101 Å². The van der Waals surface area contributed by atoms with Crippen molar-refractivity contribution >= 4 is 16.7 Å². The first-order valence-electron chi connectivity index (χ1n) is 5.35. The molecule has 0 spiro atoms. The van der Waals surface area contributed by atoms with Crippen LogP contribution in [-0.2, 0) is 0 Å². The van der Waals surface area contributed by atoms with E-state index in [0.29, 0.717) is 0 Å². The van der Waals surface area contributed by atoms with Gasteiger partial charge in [-0.15, -0.1) is 0 Å². The van der Waals surface area contributed by atoms with Gasteiger partial charge in [0.1, 0.15) is 0 Å². The molecule has 0 saturated heterocycles. The van der Waals surface area contributed by atoms with Gasteiger partial charge in [0.2, 0.25) is 0 Å². The van der Waals surface area contributed by atoms with E-state index in [1.54, 1.807) is 11.8 Å². The third kappa shape index (κ3) is 2.77. The maximum absolute atomic E-state index is 2.16. The lowest BCUT2D eigenvalue weighted by atomic mass is 10.2. The fraction of sp³-hybridized carbons (Fsp3) is 0.0667. The lowest BCUT2D eigenvalue weighted by Crippen LogP contribution is -1.79. The van der Waals surface area contributed by atoms with E-state index in [4.69, 9.17) is 0 Å².